The van der Waals surface area contributed by atoms with E-state index >= 15 is 0 Å². The number of alkyl halides is 3. The van der Waals surface area contributed by atoms with E-state index in [1.54, 1.807) is 6.20 Å². The molecule has 2 aromatic heterocycles. The number of nitrogens with zero attached hydrogens (tertiary/aromatic N) is 2. The highest BCUT2D eigenvalue weighted by Gasteiger charge is 2.28. The van der Waals surface area contributed by atoms with Crippen molar-refractivity contribution in [2.45, 2.75) is 19.1 Å². The number of carbonyl (C=O) groups excluding carboxylic acids is 1. The first kappa shape index (κ1) is 23.6. The second kappa shape index (κ2) is 9.34. The van der Waals surface area contributed by atoms with Gasteiger partial charge in [0.25, 0.3) is 0 Å². The van der Waals surface area contributed by atoms with Gasteiger partial charge in [-0.2, -0.15) is 13.2 Å². The molecule has 2 N–H and O–H groups in total. The molecule has 0 fully saturated rings. The van der Waals surface area contributed by atoms with Gasteiger partial charge >= 0.3 is 12.2 Å². The average molecular weight is 497 g/mol. The van der Waals surface area contributed by atoms with Crippen LogP contribution in [0.3, 0.4) is 0 Å². The van der Waals surface area contributed by atoms with Crippen molar-refractivity contribution >= 4 is 23.3 Å². The van der Waals surface area contributed by atoms with Gasteiger partial charge in [-0.15, -0.1) is 0 Å². The molecule has 0 saturated heterocycles. The van der Waals surface area contributed by atoms with Gasteiger partial charge in [0, 0.05) is 48.7 Å². The molecule has 12 heteroatoms. The van der Waals surface area contributed by atoms with Crippen LogP contribution in [-0.4, -0.2) is 40.2 Å². The summed E-state index contributed by atoms with van der Waals surface area (Å²) in [7, 11) is 0. The standard InChI is InChI=1S/C22H17ClF4N4O3/c23-16-7-18(30-21(33)31-4-3-12-5-19(32)28-9-14(12)10-31)17(24)6-15(16)13-1-2-20(29-8-13)34-11-22(25,26)27/h1-2,5-9H,3-4,10-11H2,(H,28,32)(H,30,33). The molecule has 0 unspecified atom stereocenters. The largest absolute Gasteiger partial charge is 0.468 e. The van der Waals surface area contributed by atoms with Gasteiger partial charge < -0.3 is 19.9 Å². The molecular formula is C22H17ClF4N4O3. The Morgan fingerprint density at radius 3 is 2.74 bits per heavy atom. The Morgan fingerprint density at radius 2 is 2.03 bits per heavy atom. The van der Waals surface area contributed by atoms with Crippen molar-refractivity contribution in [3.05, 3.63) is 75.0 Å². The molecule has 0 radical (unpaired) electrons. The van der Waals surface area contributed by atoms with Gasteiger partial charge in [0.15, 0.2) is 6.61 Å². The van der Waals surface area contributed by atoms with Gasteiger partial charge in [-0.1, -0.05) is 11.6 Å². The maximum atomic E-state index is 14.8. The maximum absolute atomic E-state index is 14.8. The van der Waals surface area contributed by atoms with Crippen LogP contribution in [-0.2, 0) is 13.0 Å². The number of nitrogens with one attached hydrogen (secondary N) is 2. The summed E-state index contributed by atoms with van der Waals surface area (Å²) >= 11 is 6.27. The fraction of sp³-hybridized carbons (Fsp3) is 0.227. The first-order chi connectivity index (χ1) is 16.1. The van der Waals surface area contributed by atoms with E-state index < -0.39 is 24.6 Å². The van der Waals surface area contributed by atoms with Gasteiger partial charge in [0.05, 0.1) is 10.7 Å². The SMILES string of the molecule is O=C(Nc1cc(Cl)c(-c2ccc(OCC(F)(F)F)nc2)cc1F)N1CCc2cc(=O)[nH]cc2C1. The summed E-state index contributed by atoms with van der Waals surface area (Å²) in [6.07, 6.45) is -1.25. The van der Waals surface area contributed by atoms with E-state index in [0.717, 1.165) is 17.2 Å². The third-order valence-electron chi connectivity index (χ3n) is 5.14. The Kier molecular flexibility index (Phi) is 6.47. The van der Waals surface area contributed by atoms with E-state index in [9.17, 15) is 27.2 Å². The van der Waals surface area contributed by atoms with Crippen LogP contribution in [0.25, 0.3) is 11.1 Å². The van der Waals surface area contributed by atoms with Gasteiger partial charge in [-0.05, 0) is 35.7 Å². The lowest BCUT2D eigenvalue weighted by molar-refractivity contribution is -0.154. The van der Waals surface area contributed by atoms with Crippen LogP contribution in [0.2, 0.25) is 5.02 Å². The molecule has 0 saturated carbocycles. The molecule has 1 aliphatic heterocycles. The fourth-order valence-corrected chi connectivity index (χ4v) is 3.75. The van der Waals surface area contributed by atoms with Crippen LogP contribution in [0, 0.1) is 5.82 Å². The number of carbonyl (C=O) groups is 1. The number of H-pyrrole nitrogens is 1. The zero-order valence-corrected chi connectivity index (χ0v) is 18.1. The number of hydrogen-bond acceptors (Lipinski definition) is 4. The number of amides is 2. The lowest BCUT2D eigenvalue weighted by Crippen LogP contribution is -2.39. The third kappa shape index (κ3) is 5.48. The Morgan fingerprint density at radius 1 is 1.24 bits per heavy atom. The predicted octanol–water partition coefficient (Wildman–Crippen LogP) is 4.76. The third-order valence-corrected chi connectivity index (χ3v) is 5.45. The molecule has 4 rings (SSSR count). The predicted molar refractivity (Wildman–Crippen MR) is 116 cm³/mol. The highest BCUT2D eigenvalue weighted by Crippen LogP contribution is 2.33. The van der Waals surface area contributed by atoms with Crippen molar-refractivity contribution in [3.63, 3.8) is 0 Å². The number of rotatable bonds is 4. The molecular weight excluding hydrogens is 480 g/mol. The van der Waals surface area contributed by atoms with Crippen molar-refractivity contribution in [1.29, 1.82) is 0 Å². The second-order valence-electron chi connectivity index (χ2n) is 7.55. The van der Waals surface area contributed by atoms with E-state index in [1.807, 2.05) is 0 Å². The molecule has 0 atom stereocenters. The van der Waals surface area contributed by atoms with Crippen molar-refractivity contribution < 1.29 is 27.1 Å². The smallest absolute Gasteiger partial charge is 0.422 e. The quantitative estimate of drug-likeness (QED) is 0.510. The normalized spacial score (nSPS) is 13.4. The number of halogens is 5. The monoisotopic (exact) mass is 496 g/mol. The molecule has 1 aromatic carbocycles. The number of urea groups is 1. The fourth-order valence-electron chi connectivity index (χ4n) is 3.48. The zero-order valence-electron chi connectivity index (χ0n) is 17.4. The molecule has 34 heavy (non-hydrogen) atoms. The summed E-state index contributed by atoms with van der Waals surface area (Å²) in [5, 5.41) is 2.60. The highest BCUT2D eigenvalue weighted by atomic mass is 35.5. The Hall–Kier alpha value is -3.60. The minimum absolute atomic E-state index is 0.101. The molecule has 3 aromatic rings. The van der Waals surface area contributed by atoms with E-state index in [2.05, 4.69) is 20.0 Å². The summed E-state index contributed by atoms with van der Waals surface area (Å²) in [6, 6.07) is 5.91. The molecule has 178 valence electrons. The Labute approximate surface area is 195 Å². The summed E-state index contributed by atoms with van der Waals surface area (Å²) in [6.45, 7) is -0.881. The van der Waals surface area contributed by atoms with Crippen molar-refractivity contribution in [3.8, 4) is 17.0 Å². The number of anilines is 1. The summed E-state index contributed by atoms with van der Waals surface area (Å²) in [5.41, 5.74) is 1.89. The molecule has 3 heterocycles. The Bertz CT molecular complexity index is 1280. The number of pyridine rings is 2. The van der Waals surface area contributed by atoms with Crippen molar-refractivity contribution in [2.24, 2.45) is 0 Å². The van der Waals surface area contributed by atoms with Gasteiger partial charge in [-0.3, -0.25) is 4.79 Å². The van der Waals surface area contributed by atoms with Crippen molar-refractivity contribution in [1.82, 2.24) is 14.9 Å². The number of aromatic amines is 1. The number of fused-ring (bicyclic) bond motifs is 1. The van der Waals surface area contributed by atoms with E-state index in [0.29, 0.717) is 18.5 Å². The van der Waals surface area contributed by atoms with Gasteiger partial charge in [0.1, 0.15) is 5.82 Å². The van der Waals surface area contributed by atoms with Crippen molar-refractivity contribution in [2.75, 3.05) is 18.5 Å². The number of benzene rings is 1. The van der Waals surface area contributed by atoms with E-state index in [1.165, 1.54) is 35.4 Å². The van der Waals surface area contributed by atoms with Crippen LogP contribution < -0.4 is 15.6 Å². The number of ether oxygens (including phenoxy) is 1. The maximum Gasteiger partial charge on any atom is 0.422 e. The van der Waals surface area contributed by atoms with Gasteiger partial charge in [0.2, 0.25) is 11.4 Å². The molecule has 0 bridgehead atoms. The van der Waals surface area contributed by atoms with Gasteiger partial charge in [-0.25, -0.2) is 14.2 Å². The van der Waals surface area contributed by atoms with Crippen LogP contribution >= 0.6 is 11.6 Å². The van der Waals surface area contributed by atoms with Crippen LogP contribution in [0.4, 0.5) is 28.0 Å². The van der Waals surface area contributed by atoms with E-state index in [-0.39, 0.29) is 34.3 Å². The molecule has 1 aliphatic rings. The lowest BCUT2D eigenvalue weighted by atomic mass is 10.0. The molecule has 0 spiro atoms. The number of aromatic nitrogens is 2. The minimum atomic E-state index is -4.50. The summed E-state index contributed by atoms with van der Waals surface area (Å²) in [4.78, 5) is 31.9. The van der Waals surface area contributed by atoms with Crippen LogP contribution in [0.1, 0.15) is 11.1 Å². The second-order valence-corrected chi connectivity index (χ2v) is 7.96. The number of hydrogen-bond donors (Lipinski definition) is 2. The lowest BCUT2D eigenvalue weighted by Gasteiger charge is -2.28. The molecule has 0 aliphatic carbocycles. The van der Waals surface area contributed by atoms with Crippen LogP contribution in [0.15, 0.2) is 47.5 Å². The molecule has 2 amide bonds. The molecule has 7 nitrogen and oxygen atoms in total. The van der Waals surface area contributed by atoms with E-state index in [4.69, 9.17) is 11.6 Å². The van der Waals surface area contributed by atoms with Crippen LogP contribution in [0.5, 0.6) is 5.88 Å². The average Bonchev–Trinajstić information content (AvgIpc) is 2.79. The summed E-state index contributed by atoms with van der Waals surface area (Å²) in [5.74, 6) is -0.999. The first-order valence-electron chi connectivity index (χ1n) is 10.0. The topological polar surface area (TPSA) is 87.3 Å². The summed E-state index contributed by atoms with van der Waals surface area (Å²) < 4.78 is 56.1. The Balaban J connectivity index is 1.46. The first-order valence-corrected chi connectivity index (χ1v) is 10.4. The minimum Gasteiger partial charge on any atom is -0.468 e. The zero-order chi connectivity index (χ0) is 24.5. The highest BCUT2D eigenvalue weighted by molar-refractivity contribution is 6.33.